The minimum absolute atomic E-state index is 0.199. The van der Waals surface area contributed by atoms with E-state index >= 15 is 0 Å². The highest BCUT2D eigenvalue weighted by Crippen LogP contribution is 2.36. The van der Waals surface area contributed by atoms with E-state index in [1.807, 2.05) is 0 Å². The summed E-state index contributed by atoms with van der Waals surface area (Å²) >= 11 is 0. The maximum absolute atomic E-state index is 14.1. The first kappa shape index (κ1) is 20.0. The number of halogens is 1. The van der Waals surface area contributed by atoms with Gasteiger partial charge in [-0.25, -0.2) is 4.39 Å². The lowest BCUT2D eigenvalue weighted by Crippen LogP contribution is -2.34. The van der Waals surface area contributed by atoms with Crippen molar-refractivity contribution in [2.75, 3.05) is 13.1 Å². The van der Waals surface area contributed by atoms with E-state index in [-0.39, 0.29) is 5.82 Å². The molecule has 0 aromatic heterocycles. The Hall–Kier alpha value is -2.30. The molecule has 0 amide bonds. The molecule has 0 saturated carbocycles. The van der Waals surface area contributed by atoms with E-state index < -0.39 is 0 Å². The van der Waals surface area contributed by atoms with Crippen LogP contribution in [0.1, 0.15) is 69.9 Å². The van der Waals surface area contributed by atoms with E-state index in [1.165, 1.54) is 25.1 Å². The van der Waals surface area contributed by atoms with Crippen molar-refractivity contribution >= 4 is 5.90 Å². The Balaban J connectivity index is 1.54. The van der Waals surface area contributed by atoms with Crippen molar-refractivity contribution in [3.8, 4) is 0 Å². The van der Waals surface area contributed by atoms with Crippen LogP contribution in [0.5, 0.6) is 0 Å². The van der Waals surface area contributed by atoms with Gasteiger partial charge in [-0.2, -0.15) is 4.99 Å². The van der Waals surface area contributed by atoms with Crippen LogP contribution in [0.2, 0.25) is 0 Å². The van der Waals surface area contributed by atoms with Gasteiger partial charge in [0.05, 0.1) is 0 Å². The molecule has 2 saturated heterocycles. The standard InChI is InChI=1S/C24H32FN3O/c1-4-8-22-26-23(14-24-27-10-7-6-9-21(27)15-28(22)24)29-16-18-11-19(17(3)5-2)13-20(25)12-18/h8,11-14,17,21H,4-7,9-10,15-16H2,1-3H3/b22-8-. The molecule has 0 aliphatic carbocycles. The number of ether oxygens (including phenoxy) is 1. The summed E-state index contributed by atoms with van der Waals surface area (Å²) < 4.78 is 20.2. The molecule has 0 N–H and O–H groups in total. The Bertz CT molecular complexity index is 845. The summed E-state index contributed by atoms with van der Waals surface area (Å²) in [7, 11) is 0. The van der Waals surface area contributed by atoms with Gasteiger partial charge in [0.2, 0.25) is 5.90 Å². The highest BCUT2D eigenvalue weighted by molar-refractivity contribution is 5.90. The minimum Gasteiger partial charge on any atom is -0.473 e. The highest BCUT2D eigenvalue weighted by atomic mass is 19.1. The summed E-state index contributed by atoms with van der Waals surface area (Å²) in [5.74, 6) is 2.94. The number of allylic oxidation sites excluding steroid dienone is 1. The van der Waals surface area contributed by atoms with Crippen LogP contribution in [-0.2, 0) is 11.3 Å². The number of hydrogen-bond donors (Lipinski definition) is 0. The summed E-state index contributed by atoms with van der Waals surface area (Å²) in [6.07, 6.45) is 9.93. The molecule has 3 aliphatic rings. The van der Waals surface area contributed by atoms with E-state index in [2.05, 4.69) is 48.8 Å². The maximum atomic E-state index is 14.1. The third-order valence-electron chi connectivity index (χ3n) is 6.28. The second kappa shape index (κ2) is 8.60. The molecule has 1 aromatic carbocycles. The lowest BCUT2D eigenvalue weighted by Gasteiger charge is -2.32. The molecule has 29 heavy (non-hydrogen) atoms. The van der Waals surface area contributed by atoms with Crippen LogP contribution in [0.3, 0.4) is 0 Å². The van der Waals surface area contributed by atoms with Gasteiger partial charge in [-0.3, -0.25) is 0 Å². The van der Waals surface area contributed by atoms with Crippen molar-refractivity contribution in [3.63, 3.8) is 0 Å². The van der Waals surface area contributed by atoms with Crippen molar-refractivity contribution in [1.29, 1.82) is 0 Å². The smallest absolute Gasteiger partial charge is 0.219 e. The summed E-state index contributed by atoms with van der Waals surface area (Å²) in [4.78, 5) is 9.61. The first-order valence-corrected chi connectivity index (χ1v) is 11.1. The van der Waals surface area contributed by atoms with E-state index in [9.17, 15) is 4.39 Å². The van der Waals surface area contributed by atoms with Crippen LogP contribution >= 0.6 is 0 Å². The second-order valence-corrected chi connectivity index (χ2v) is 8.37. The SMILES string of the molecule is CC/C=C1/N=C(OCc2cc(F)cc(C(C)CC)c2)C=C2N1CC1CCCCN21. The summed E-state index contributed by atoms with van der Waals surface area (Å²) in [5.41, 5.74) is 1.88. The van der Waals surface area contributed by atoms with Crippen LogP contribution in [-0.4, -0.2) is 34.8 Å². The molecule has 0 radical (unpaired) electrons. The van der Waals surface area contributed by atoms with E-state index in [1.54, 1.807) is 12.1 Å². The average molecular weight is 398 g/mol. The number of hydrogen-bond acceptors (Lipinski definition) is 4. The number of aliphatic imine (C=N–C) groups is 1. The first-order chi connectivity index (χ1) is 14.1. The third-order valence-corrected chi connectivity index (χ3v) is 6.28. The molecule has 0 spiro atoms. The largest absolute Gasteiger partial charge is 0.473 e. The third kappa shape index (κ3) is 4.19. The molecule has 4 rings (SSSR count). The molecular formula is C24H32FN3O. The molecule has 2 atom stereocenters. The second-order valence-electron chi connectivity index (χ2n) is 8.37. The first-order valence-electron chi connectivity index (χ1n) is 11.1. The van der Waals surface area contributed by atoms with Gasteiger partial charge in [0.1, 0.15) is 24.1 Å². The molecule has 3 heterocycles. The van der Waals surface area contributed by atoms with E-state index in [0.717, 1.165) is 42.9 Å². The van der Waals surface area contributed by atoms with Crippen molar-refractivity contribution in [3.05, 3.63) is 58.9 Å². The Labute approximate surface area is 173 Å². The zero-order valence-electron chi connectivity index (χ0n) is 17.8. The molecule has 4 nitrogen and oxygen atoms in total. The predicted molar refractivity (Wildman–Crippen MR) is 115 cm³/mol. The Kier molecular flexibility index (Phi) is 5.93. The number of fused-ring (bicyclic) bond motifs is 3. The number of rotatable bonds is 5. The van der Waals surface area contributed by atoms with E-state index in [4.69, 9.17) is 9.73 Å². The zero-order valence-corrected chi connectivity index (χ0v) is 17.8. The quantitative estimate of drug-likeness (QED) is 0.654. The Morgan fingerprint density at radius 2 is 2.14 bits per heavy atom. The molecule has 1 aromatic rings. The fourth-order valence-corrected chi connectivity index (χ4v) is 4.49. The molecule has 0 bridgehead atoms. The zero-order chi connectivity index (χ0) is 20.4. The fourth-order valence-electron chi connectivity index (χ4n) is 4.49. The molecule has 2 fully saturated rings. The Morgan fingerprint density at radius 3 is 2.93 bits per heavy atom. The monoisotopic (exact) mass is 397 g/mol. The minimum atomic E-state index is -0.199. The van der Waals surface area contributed by atoms with Crippen molar-refractivity contribution in [2.24, 2.45) is 4.99 Å². The topological polar surface area (TPSA) is 28.1 Å². The van der Waals surface area contributed by atoms with Crippen LogP contribution in [0.15, 0.2) is 47.0 Å². The highest BCUT2D eigenvalue weighted by Gasteiger charge is 2.38. The van der Waals surface area contributed by atoms with Gasteiger partial charge in [-0.05, 0) is 67.4 Å². The summed E-state index contributed by atoms with van der Waals surface area (Å²) in [5, 5.41) is 0. The van der Waals surface area contributed by atoms with Gasteiger partial charge in [0.25, 0.3) is 0 Å². The number of nitrogens with zero attached hydrogens (tertiary/aromatic N) is 3. The van der Waals surface area contributed by atoms with Crippen LogP contribution in [0.25, 0.3) is 0 Å². The summed E-state index contributed by atoms with van der Waals surface area (Å²) in [6.45, 7) is 8.82. The number of benzene rings is 1. The average Bonchev–Trinajstić information content (AvgIpc) is 3.10. The maximum Gasteiger partial charge on any atom is 0.219 e. The van der Waals surface area contributed by atoms with Crippen LogP contribution in [0.4, 0.5) is 4.39 Å². The van der Waals surface area contributed by atoms with Crippen molar-refractivity contribution in [1.82, 2.24) is 9.80 Å². The molecular weight excluding hydrogens is 365 g/mol. The van der Waals surface area contributed by atoms with Gasteiger partial charge in [0, 0.05) is 25.2 Å². The lowest BCUT2D eigenvalue weighted by molar-refractivity contribution is 0.234. The Morgan fingerprint density at radius 1 is 1.28 bits per heavy atom. The van der Waals surface area contributed by atoms with Crippen molar-refractivity contribution < 1.29 is 9.13 Å². The predicted octanol–water partition coefficient (Wildman–Crippen LogP) is 5.53. The number of piperidine rings is 1. The van der Waals surface area contributed by atoms with Crippen molar-refractivity contribution in [2.45, 2.75) is 71.4 Å². The van der Waals surface area contributed by atoms with Gasteiger partial charge >= 0.3 is 0 Å². The molecule has 2 unspecified atom stereocenters. The van der Waals surface area contributed by atoms with Gasteiger partial charge < -0.3 is 14.5 Å². The van der Waals surface area contributed by atoms with Gasteiger partial charge in [0.15, 0.2) is 0 Å². The lowest BCUT2D eigenvalue weighted by atomic mass is 9.97. The van der Waals surface area contributed by atoms with Gasteiger partial charge in [-0.1, -0.05) is 26.8 Å². The van der Waals surface area contributed by atoms with Gasteiger partial charge in [-0.15, -0.1) is 0 Å². The van der Waals surface area contributed by atoms with Crippen LogP contribution < -0.4 is 0 Å². The van der Waals surface area contributed by atoms with E-state index in [0.29, 0.717) is 24.5 Å². The summed E-state index contributed by atoms with van der Waals surface area (Å²) in [6, 6.07) is 5.82. The fraction of sp³-hybridized carbons (Fsp3) is 0.542. The van der Waals surface area contributed by atoms with Crippen LogP contribution in [0, 0.1) is 5.82 Å². The normalized spacial score (nSPS) is 23.4. The molecule has 156 valence electrons. The molecule has 5 heteroatoms. The molecule has 3 aliphatic heterocycles.